The number of rotatable bonds is 10. The number of fused-ring (bicyclic) bond motifs is 1. The summed E-state index contributed by atoms with van der Waals surface area (Å²) in [6, 6.07) is -0.496. The number of benzene rings is 1. The van der Waals surface area contributed by atoms with Crippen molar-refractivity contribution < 1.29 is 23.1 Å². The molecule has 1 aromatic carbocycles. The van der Waals surface area contributed by atoms with Crippen molar-refractivity contribution in [1.29, 1.82) is 0 Å². The van der Waals surface area contributed by atoms with E-state index in [1.165, 1.54) is 0 Å². The first-order chi connectivity index (χ1) is 15.6. The van der Waals surface area contributed by atoms with E-state index < -0.39 is 28.0 Å². The summed E-state index contributed by atoms with van der Waals surface area (Å²) in [5, 5.41) is 9.58. The molecule has 1 aliphatic heterocycles. The van der Waals surface area contributed by atoms with Crippen LogP contribution in [0.2, 0.25) is 0 Å². The molecule has 0 radical (unpaired) electrons. The van der Waals surface area contributed by atoms with Crippen molar-refractivity contribution in [3.8, 4) is 5.75 Å². The van der Waals surface area contributed by atoms with Crippen LogP contribution >= 0.6 is 0 Å². The Morgan fingerprint density at radius 1 is 1.03 bits per heavy atom. The maximum atomic E-state index is 13.7. The highest BCUT2D eigenvalue weighted by molar-refractivity contribution is 7.89. The number of aliphatic carboxylic acids is 1. The molecule has 6 nitrogen and oxygen atoms in total. The molecule has 2 atom stereocenters. The van der Waals surface area contributed by atoms with Crippen molar-refractivity contribution >= 4 is 16.0 Å². The van der Waals surface area contributed by atoms with E-state index in [-0.39, 0.29) is 17.4 Å². The minimum absolute atomic E-state index is 0.224. The van der Waals surface area contributed by atoms with Crippen LogP contribution in [0.4, 0.5) is 0 Å². The van der Waals surface area contributed by atoms with Gasteiger partial charge in [-0.1, -0.05) is 39.8 Å². The Balaban J connectivity index is 2.46. The molecule has 0 saturated carbocycles. The fourth-order valence-corrected chi connectivity index (χ4v) is 6.49. The molecule has 1 aromatic rings. The zero-order valence-electron chi connectivity index (χ0n) is 22.3. The first-order valence-corrected chi connectivity index (χ1v) is 13.8. The second-order valence-electron chi connectivity index (χ2n) is 11.2. The predicted octanol–water partition coefficient (Wildman–Crippen LogP) is 5.71. The summed E-state index contributed by atoms with van der Waals surface area (Å²) in [5.41, 5.74) is 2.96. The largest absolute Gasteiger partial charge is 0.487 e. The third-order valence-electron chi connectivity index (χ3n) is 6.59. The Morgan fingerprint density at radius 3 is 2.15 bits per heavy atom. The van der Waals surface area contributed by atoms with Gasteiger partial charge >= 0.3 is 5.97 Å². The van der Waals surface area contributed by atoms with E-state index in [9.17, 15) is 18.3 Å². The molecule has 0 amide bonds. The molecule has 0 aromatic heterocycles. The Bertz CT molecular complexity index is 1040. The van der Waals surface area contributed by atoms with Gasteiger partial charge in [0, 0.05) is 6.04 Å². The summed E-state index contributed by atoms with van der Waals surface area (Å²) in [6.45, 7) is 17.7. The van der Waals surface area contributed by atoms with Gasteiger partial charge in [-0.2, -0.15) is 0 Å². The summed E-state index contributed by atoms with van der Waals surface area (Å²) in [6.07, 6.45) is 6.03. The topological polar surface area (TPSA) is 92.7 Å². The number of sulfonamides is 1. The van der Waals surface area contributed by atoms with E-state index in [2.05, 4.69) is 18.6 Å². The standard InChI is InChI=1S/C27H43NO5S/c1-16(2)14-21(26(29)30)10-11-22(15-17(3)4)28-34(31,32)25-19(6)18(5)24-23(20(25)7)12-13-27(8,9)33-24/h10-11,16-17,21-22,28H,12-15H2,1-9H3,(H,29,30)/b11-10+/t21-,22+/m0/s1. The van der Waals surface area contributed by atoms with Gasteiger partial charge in [0.1, 0.15) is 11.4 Å². The van der Waals surface area contributed by atoms with Gasteiger partial charge in [-0.05, 0) is 94.4 Å². The zero-order chi connectivity index (χ0) is 26.0. The quantitative estimate of drug-likeness (QED) is 0.407. The highest BCUT2D eigenvalue weighted by Gasteiger charge is 2.34. The van der Waals surface area contributed by atoms with Crippen molar-refractivity contribution in [3.63, 3.8) is 0 Å². The van der Waals surface area contributed by atoms with Crippen molar-refractivity contribution in [1.82, 2.24) is 4.72 Å². The van der Waals surface area contributed by atoms with Crippen LogP contribution in [0.25, 0.3) is 0 Å². The van der Waals surface area contributed by atoms with Crippen molar-refractivity contribution in [3.05, 3.63) is 34.4 Å². The second kappa shape index (κ2) is 10.8. The van der Waals surface area contributed by atoms with Gasteiger partial charge in [-0.15, -0.1) is 0 Å². The number of carboxylic acids is 1. The molecule has 0 fully saturated rings. The Morgan fingerprint density at radius 2 is 1.62 bits per heavy atom. The summed E-state index contributed by atoms with van der Waals surface area (Å²) < 4.78 is 36.5. The molecule has 0 unspecified atom stereocenters. The average molecular weight is 494 g/mol. The molecule has 0 bridgehead atoms. The Kier molecular flexibility index (Phi) is 9.03. The van der Waals surface area contributed by atoms with Crippen LogP contribution in [0.5, 0.6) is 5.75 Å². The number of hydrogen-bond donors (Lipinski definition) is 2. The molecule has 0 aliphatic carbocycles. The number of carbonyl (C=O) groups is 1. The van der Waals surface area contributed by atoms with Crippen LogP contribution < -0.4 is 9.46 Å². The van der Waals surface area contributed by atoms with Crippen LogP contribution in [0.15, 0.2) is 17.0 Å². The number of ether oxygens (including phenoxy) is 1. The van der Waals surface area contributed by atoms with E-state index in [1.54, 1.807) is 12.2 Å². The van der Waals surface area contributed by atoms with Crippen LogP contribution in [0.3, 0.4) is 0 Å². The lowest BCUT2D eigenvalue weighted by Crippen LogP contribution is -2.37. The minimum atomic E-state index is -3.85. The van der Waals surface area contributed by atoms with Crippen LogP contribution in [0.1, 0.15) is 83.1 Å². The van der Waals surface area contributed by atoms with Crippen molar-refractivity contribution in [2.75, 3.05) is 0 Å². The van der Waals surface area contributed by atoms with Crippen molar-refractivity contribution in [2.45, 2.75) is 105 Å². The highest BCUT2D eigenvalue weighted by atomic mass is 32.2. The van der Waals surface area contributed by atoms with Crippen LogP contribution in [-0.4, -0.2) is 31.1 Å². The summed E-state index contributed by atoms with van der Waals surface area (Å²) in [7, 11) is -3.85. The molecule has 34 heavy (non-hydrogen) atoms. The fourth-order valence-electron chi connectivity index (χ4n) is 4.72. The maximum absolute atomic E-state index is 13.7. The molecule has 2 N–H and O–H groups in total. The molecule has 192 valence electrons. The molecule has 2 rings (SSSR count). The molecule has 7 heteroatoms. The zero-order valence-corrected chi connectivity index (χ0v) is 23.1. The maximum Gasteiger partial charge on any atom is 0.310 e. The van der Waals surface area contributed by atoms with E-state index >= 15 is 0 Å². The normalized spacial score (nSPS) is 17.6. The summed E-state index contributed by atoms with van der Waals surface area (Å²) in [5.74, 6) is -0.275. The average Bonchev–Trinajstić information content (AvgIpc) is 2.67. The number of nitrogens with one attached hydrogen (secondary N) is 1. The van der Waals surface area contributed by atoms with Crippen molar-refractivity contribution in [2.24, 2.45) is 17.8 Å². The molecule has 0 spiro atoms. The first-order valence-electron chi connectivity index (χ1n) is 12.3. The molecule has 1 aliphatic rings. The predicted molar refractivity (Wildman–Crippen MR) is 137 cm³/mol. The van der Waals surface area contributed by atoms with Gasteiger partial charge in [-0.25, -0.2) is 13.1 Å². The fraction of sp³-hybridized carbons (Fsp3) is 0.667. The number of carboxylic acid groups (broad SMARTS) is 1. The monoisotopic (exact) mass is 493 g/mol. The number of hydrogen-bond acceptors (Lipinski definition) is 4. The van der Waals surface area contributed by atoms with E-state index in [0.717, 1.165) is 35.3 Å². The lowest BCUT2D eigenvalue weighted by molar-refractivity contribution is -0.140. The lowest BCUT2D eigenvalue weighted by atomic mass is 9.88. The van der Waals surface area contributed by atoms with Crippen LogP contribution in [0, 0.1) is 38.5 Å². The third kappa shape index (κ3) is 6.85. The molecular formula is C27H43NO5S. The Labute approximate surface area is 206 Å². The molecule has 0 saturated heterocycles. The SMILES string of the molecule is Cc1c(C)c(S(=O)(=O)N[C@H](/C=C/[C@@H](CC(C)C)C(=O)O)CC(C)C)c(C)c2c1OC(C)(C)CC2. The second-order valence-corrected chi connectivity index (χ2v) is 12.8. The van der Waals surface area contributed by atoms with Gasteiger partial charge in [0.2, 0.25) is 10.0 Å². The van der Waals surface area contributed by atoms with E-state index in [0.29, 0.717) is 23.3 Å². The van der Waals surface area contributed by atoms with Gasteiger partial charge in [0.05, 0.1) is 10.8 Å². The summed E-state index contributed by atoms with van der Waals surface area (Å²) >= 11 is 0. The molecule has 1 heterocycles. The lowest BCUT2D eigenvalue weighted by Gasteiger charge is -2.35. The first kappa shape index (κ1) is 28.4. The van der Waals surface area contributed by atoms with Gasteiger partial charge in [0.15, 0.2) is 0 Å². The van der Waals surface area contributed by atoms with Gasteiger partial charge in [0.25, 0.3) is 0 Å². The minimum Gasteiger partial charge on any atom is -0.487 e. The third-order valence-corrected chi connectivity index (χ3v) is 8.35. The van der Waals surface area contributed by atoms with E-state index in [1.807, 2.05) is 48.5 Å². The smallest absolute Gasteiger partial charge is 0.310 e. The van der Waals surface area contributed by atoms with Gasteiger partial charge < -0.3 is 9.84 Å². The van der Waals surface area contributed by atoms with E-state index in [4.69, 9.17) is 4.74 Å². The van der Waals surface area contributed by atoms with Gasteiger partial charge in [-0.3, -0.25) is 4.79 Å². The molecular weight excluding hydrogens is 450 g/mol. The van der Waals surface area contributed by atoms with Crippen LogP contribution in [-0.2, 0) is 21.2 Å². The summed E-state index contributed by atoms with van der Waals surface area (Å²) in [4.78, 5) is 12.0. The Hall–Kier alpha value is -1.86. The highest BCUT2D eigenvalue weighted by Crippen LogP contribution is 2.42.